The third kappa shape index (κ3) is 8.13. The lowest BCUT2D eigenvalue weighted by atomic mass is 10.1. The Morgan fingerprint density at radius 1 is 1.15 bits per heavy atom. The van der Waals surface area contributed by atoms with Crippen LogP contribution in [0.2, 0.25) is 0 Å². The molecule has 1 rings (SSSR count). The largest absolute Gasteiger partial charge is 0.257 e. The van der Waals surface area contributed by atoms with Gasteiger partial charge in [0.15, 0.2) is 0 Å². The van der Waals surface area contributed by atoms with Crippen LogP contribution in [0.25, 0.3) is 0 Å². The summed E-state index contributed by atoms with van der Waals surface area (Å²) in [6.45, 7) is 10.2. The number of aliphatic imine (C=N–C) groups is 1. The Morgan fingerprint density at radius 3 is 2.54 bits per heavy atom. The van der Waals surface area contributed by atoms with Crippen molar-refractivity contribution in [3.05, 3.63) is 108 Å². The van der Waals surface area contributed by atoms with Crippen molar-refractivity contribution in [3.8, 4) is 12.3 Å². The minimum absolute atomic E-state index is 0.703. The summed E-state index contributed by atoms with van der Waals surface area (Å²) in [4.78, 5) is 4.82. The van der Waals surface area contributed by atoms with Crippen LogP contribution in [0.1, 0.15) is 32.8 Å². The maximum Gasteiger partial charge on any atom is 0.0450 e. The van der Waals surface area contributed by atoms with E-state index in [4.69, 9.17) is 11.4 Å². The predicted molar refractivity (Wildman–Crippen MR) is 116 cm³/mol. The van der Waals surface area contributed by atoms with Crippen molar-refractivity contribution in [2.75, 3.05) is 0 Å². The third-order valence-electron chi connectivity index (χ3n) is 3.66. The van der Waals surface area contributed by atoms with Gasteiger partial charge < -0.3 is 0 Å². The van der Waals surface area contributed by atoms with E-state index in [0.29, 0.717) is 6.42 Å². The summed E-state index contributed by atoms with van der Waals surface area (Å²) < 4.78 is 0. The summed E-state index contributed by atoms with van der Waals surface area (Å²) >= 11 is 0. The highest BCUT2D eigenvalue weighted by Crippen LogP contribution is 2.16. The highest BCUT2D eigenvalue weighted by molar-refractivity contribution is 5.99. The van der Waals surface area contributed by atoms with E-state index in [1.54, 1.807) is 6.08 Å². The minimum atomic E-state index is 0.703. The van der Waals surface area contributed by atoms with Crippen LogP contribution < -0.4 is 0 Å². The van der Waals surface area contributed by atoms with Gasteiger partial charge in [-0.2, -0.15) is 0 Å². The topological polar surface area (TPSA) is 12.4 Å². The van der Waals surface area contributed by atoms with Crippen molar-refractivity contribution in [2.24, 2.45) is 4.99 Å². The molecule has 0 aromatic heterocycles. The average molecular weight is 341 g/mol. The second kappa shape index (κ2) is 12.3. The van der Waals surface area contributed by atoms with Gasteiger partial charge in [0.1, 0.15) is 0 Å². The summed E-state index contributed by atoms with van der Waals surface area (Å²) in [5.41, 5.74) is 5.11. The molecule has 0 aliphatic rings. The number of allylic oxidation sites excluding steroid dienone is 10. The molecule has 0 heterocycles. The Bertz CT molecular complexity index is 803. The SMILES string of the molecule is C#C/C=C\C=C/C/C(=C/C(=C)/C(C)=C/C=C\C)N=C(C)c1ccccc1. The average Bonchev–Trinajstić information content (AvgIpc) is 2.66. The zero-order chi connectivity index (χ0) is 19.2. The van der Waals surface area contributed by atoms with Gasteiger partial charge in [0.05, 0.1) is 0 Å². The predicted octanol–water partition coefficient (Wildman–Crippen LogP) is 6.59. The molecule has 0 bridgehead atoms. The minimum Gasteiger partial charge on any atom is -0.257 e. The summed E-state index contributed by atoms with van der Waals surface area (Å²) in [5, 5.41) is 0. The molecule has 26 heavy (non-hydrogen) atoms. The second-order valence-electron chi connectivity index (χ2n) is 5.76. The first-order valence-electron chi connectivity index (χ1n) is 8.66. The Labute approximate surface area is 158 Å². The van der Waals surface area contributed by atoms with E-state index < -0.39 is 0 Å². The third-order valence-corrected chi connectivity index (χ3v) is 3.66. The van der Waals surface area contributed by atoms with Crippen molar-refractivity contribution in [1.82, 2.24) is 0 Å². The van der Waals surface area contributed by atoms with Gasteiger partial charge >= 0.3 is 0 Å². The normalized spacial score (nSPS) is 13.7. The smallest absolute Gasteiger partial charge is 0.0450 e. The zero-order valence-corrected chi connectivity index (χ0v) is 15.9. The maximum atomic E-state index is 5.21. The molecule has 1 nitrogen and oxygen atoms in total. The molecule has 0 spiro atoms. The first kappa shape index (κ1) is 20.9. The molecular weight excluding hydrogens is 314 g/mol. The van der Waals surface area contributed by atoms with E-state index in [-0.39, 0.29) is 0 Å². The van der Waals surface area contributed by atoms with Gasteiger partial charge in [-0.25, -0.2) is 0 Å². The number of terminal acetylenes is 1. The molecule has 1 heteroatoms. The molecule has 0 aliphatic carbocycles. The van der Waals surface area contributed by atoms with Crippen LogP contribution in [-0.4, -0.2) is 5.71 Å². The van der Waals surface area contributed by atoms with E-state index in [0.717, 1.165) is 28.1 Å². The summed E-state index contributed by atoms with van der Waals surface area (Å²) in [7, 11) is 0. The van der Waals surface area contributed by atoms with E-state index in [9.17, 15) is 0 Å². The van der Waals surface area contributed by atoms with E-state index in [2.05, 4.69) is 37.6 Å². The molecule has 0 saturated heterocycles. The van der Waals surface area contributed by atoms with E-state index >= 15 is 0 Å². The Kier molecular flexibility index (Phi) is 9.89. The number of nitrogens with zero attached hydrogens (tertiary/aromatic N) is 1. The molecule has 0 aliphatic heterocycles. The molecular formula is C25H27N. The van der Waals surface area contributed by atoms with Gasteiger partial charge in [0, 0.05) is 17.8 Å². The van der Waals surface area contributed by atoms with E-state index in [1.807, 2.05) is 68.5 Å². The van der Waals surface area contributed by atoms with Crippen LogP contribution in [0.4, 0.5) is 0 Å². The molecule has 0 fully saturated rings. The standard InChI is InChI=1S/C25H27N/c1-6-8-10-11-15-19-25(20-22(4)21(3)16-9-7-2)26-23(5)24-17-13-12-14-18-24/h1,7-18,20H,4,19H2,2-3,5H3/b9-7-,10-8-,15-11-,21-16+,25-20-,26-23?. The van der Waals surface area contributed by atoms with Crippen molar-refractivity contribution in [2.45, 2.75) is 27.2 Å². The second-order valence-corrected chi connectivity index (χ2v) is 5.76. The Hall–Kier alpha value is -3.11. The molecule has 0 atom stereocenters. The van der Waals surface area contributed by atoms with Crippen molar-refractivity contribution >= 4 is 5.71 Å². The van der Waals surface area contributed by atoms with Crippen molar-refractivity contribution in [1.29, 1.82) is 0 Å². The van der Waals surface area contributed by atoms with Crippen molar-refractivity contribution < 1.29 is 0 Å². The van der Waals surface area contributed by atoms with Gasteiger partial charge in [-0.15, -0.1) is 6.42 Å². The number of rotatable bonds is 8. The molecule has 0 radical (unpaired) electrons. The zero-order valence-electron chi connectivity index (χ0n) is 15.9. The van der Waals surface area contributed by atoms with Crippen LogP contribution in [0, 0.1) is 12.3 Å². The van der Waals surface area contributed by atoms with Gasteiger partial charge in [-0.05, 0) is 49.6 Å². The van der Waals surface area contributed by atoms with Crippen LogP contribution >= 0.6 is 0 Å². The summed E-state index contributed by atoms with van der Waals surface area (Å²) in [5.74, 6) is 2.47. The Balaban J connectivity index is 3.11. The number of hydrogen-bond donors (Lipinski definition) is 0. The first-order chi connectivity index (χ1) is 12.6. The number of hydrogen-bond acceptors (Lipinski definition) is 1. The van der Waals surface area contributed by atoms with Gasteiger partial charge in [-0.1, -0.05) is 79.3 Å². The lowest BCUT2D eigenvalue weighted by Gasteiger charge is -2.06. The van der Waals surface area contributed by atoms with Crippen LogP contribution in [-0.2, 0) is 0 Å². The number of benzene rings is 1. The molecule has 0 saturated carbocycles. The molecule has 1 aromatic rings. The maximum absolute atomic E-state index is 5.21. The fraction of sp³-hybridized carbons (Fsp3) is 0.160. The van der Waals surface area contributed by atoms with Crippen LogP contribution in [0.5, 0.6) is 0 Å². The quantitative estimate of drug-likeness (QED) is 0.287. The molecule has 1 aromatic carbocycles. The highest BCUT2D eigenvalue weighted by atomic mass is 14.8. The summed E-state index contributed by atoms with van der Waals surface area (Å²) in [6, 6.07) is 10.2. The monoisotopic (exact) mass is 341 g/mol. The van der Waals surface area contributed by atoms with Crippen LogP contribution in [0.15, 0.2) is 107 Å². The van der Waals surface area contributed by atoms with E-state index in [1.165, 1.54) is 0 Å². The fourth-order valence-electron chi connectivity index (χ4n) is 2.14. The lowest BCUT2D eigenvalue weighted by Crippen LogP contribution is -1.95. The fourth-order valence-corrected chi connectivity index (χ4v) is 2.14. The first-order valence-corrected chi connectivity index (χ1v) is 8.66. The van der Waals surface area contributed by atoms with Gasteiger partial charge in [0.25, 0.3) is 0 Å². The van der Waals surface area contributed by atoms with Crippen LogP contribution in [0.3, 0.4) is 0 Å². The molecule has 132 valence electrons. The van der Waals surface area contributed by atoms with Gasteiger partial charge in [0.2, 0.25) is 0 Å². The van der Waals surface area contributed by atoms with Gasteiger partial charge in [-0.3, -0.25) is 4.99 Å². The highest BCUT2D eigenvalue weighted by Gasteiger charge is 2.01. The molecule has 0 N–H and O–H groups in total. The summed E-state index contributed by atoms with van der Waals surface area (Å²) in [6.07, 6.45) is 21.5. The lowest BCUT2D eigenvalue weighted by molar-refractivity contribution is 1.15. The Morgan fingerprint density at radius 2 is 1.88 bits per heavy atom. The molecule has 0 amide bonds. The van der Waals surface area contributed by atoms with Crippen molar-refractivity contribution in [3.63, 3.8) is 0 Å². The molecule has 0 unspecified atom stereocenters.